The third-order valence-corrected chi connectivity index (χ3v) is 3.94. The average molecular weight is 295 g/mol. The molecule has 2 aromatic rings. The number of nitrogens with two attached hydrogens (primary N) is 1. The van der Waals surface area contributed by atoms with Crippen molar-refractivity contribution in [2.75, 3.05) is 6.54 Å². The van der Waals surface area contributed by atoms with E-state index in [1.54, 1.807) is 18.5 Å². The molecule has 1 unspecified atom stereocenters. The van der Waals surface area contributed by atoms with Gasteiger partial charge in [-0.05, 0) is 47.9 Å². The lowest BCUT2D eigenvalue weighted by Gasteiger charge is -2.30. The number of hydrogen-bond acceptors (Lipinski definition) is 2. The molecule has 1 heterocycles. The summed E-state index contributed by atoms with van der Waals surface area (Å²) >= 11 is 12.4. The van der Waals surface area contributed by atoms with Gasteiger partial charge >= 0.3 is 0 Å². The van der Waals surface area contributed by atoms with Crippen molar-refractivity contribution in [3.63, 3.8) is 0 Å². The van der Waals surface area contributed by atoms with Crippen LogP contribution in [0.25, 0.3) is 0 Å². The van der Waals surface area contributed by atoms with E-state index in [0.717, 1.165) is 12.0 Å². The maximum Gasteiger partial charge on any atom is 0.0445 e. The number of pyridine rings is 1. The summed E-state index contributed by atoms with van der Waals surface area (Å²) in [5.74, 6) is 0. The Kier molecular flexibility index (Phi) is 4.46. The third kappa shape index (κ3) is 3.27. The minimum absolute atomic E-state index is 0.247. The highest BCUT2D eigenvalue weighted by Gasteiger charge is 2.28. The van der Waals surface area contributed by atoms with Gasteiger partial charge in [-0.2, -0.15) is 0 Å². The lowest BCUT2D eigenvalue weighted by atomic mass is 9.77. The van der Waals surface area contributed by atoms with Crippen LogP contribution in [-0.4, -0.2) is 11.5 Å². The van der Waals surface area contributed by atoms with Crippen molar-refractivity contribution >= 4 is 23.2 Å². The standard InChI is InChI=1S/C15H16Cl2N2/c1-15(10-18,9-11-4-6-19-7-5-11)13-8-12(16)2-3-14(13)17/h2-8H,9-10,18H2,1H3. The van der Waals surface area contributed by atoms with E-state index >= 15 is 0 Å². The molecule has 2 nitrogen and oxygen atoms in total. The highest BCUT2D eigenvalue weighted by Crippen LogP contribution is 2.34. The fraction of sp³-hybridized carbons (Fsp3) is 0.267. The van der Waals surface area contributed by atoms with Crippen molar-refractivity contribution in [1.29, 1.82) is 0 Å². The first-order chi connectivity index (χ1) is 9.05. The average Bonchev–Trinajstić information content (AvgIpc) is 2.42. The highest BCUT2D eigenvalue weighted by molar-refractivity contribution is 6.33. The quantitative estimate of drug-likeness (QED) is 0.930. The van der Waals surface area contributed by atoms with E-state index in [0.29, 0.717) is 16.6 Å². The maximum absolute atomic E-state index is 6.30. The van der Waals surface area contributed by atoms with Crippen molar-refractivity contribution in [3.8, 4) is 0 Å². The van der Waals surface area contributed by atoms with Gasteiger partial charge in [-0.25, -0.2) is 0 Å². The SMILES string of the molecule is CC(CN)(Cc1ccncc1)c1cc(Cl)ccc1Cl. The molecular formula is C15H16Cl2N2. The van der Waals surface area contributed by atoms with Crippen LogP contribution in [-0.2, 0) is 11.8 Å². The minimum atomic E-state index is -0.247. The number of nitrogens with zero attached hydrogens (tertiary/aromatic N) is 1. The smallest absolute Gasteiger partial charge is 0.0445 e. The monoisotopic (exact) mass is 294 g/mol. The molecule has 19 heavy (non-hydrogen) atoms. The van der Waals surface area contributed by atoms with E-state index in [2.05, 4.69) is 11.9 Å². The van der Waals surface area contributed by atoms with Crippen LogP contribution < -0.4 is 5.73 Å². The predicted molar refractivity (Wildman–Crippen MR) is 80.8 cm³/mol. The molecule has 0 amide bonds. The molecule has 2 N–H and O–H groups in total. The van der Waals surface area contributed by atoms with Crippen LogP contribution in [0.3, 0.4) is 0 Å². The molecule has 0 saturated heterocycles. The van der Waals surface area contributed by atoms with Crippen molar-refractivity contribution < 1.29 is 0 Å². The zero-order valence-electron chi connectivity index (χ0n) is 10.7. The van der Waals surface area contributed by atoms with Gasteiger partial charge in [-0.1, -0.05) is 30.1 Å². The number of aromatic nitrogens is 1. The Balaban J connectivity index is 2.39. The Bertz CT molecular complexity index is 557. The van der Waals surface area contributed by atoms with Gasteiger partial charge < -0.3 is 5.73 Å². The zero-order chi connectivity index (χ0) is 13.9. The lowest BCUT2D eigenvalue weighted by molar-refractivity contribution is 0.481. The zero-order valence-corrected chi connectivity index (χ0v) is 12.2. The second-order valence-corrected chi connectivity index (χ2v) is 5.76. The van der Waals surface area contributed by atoms with Gasteiger partial charge in [0.15, 0.2) is 0 Å². The van der Waals surface area contributed by atoms with Crippen LogP contribution in [0.4, 0.5) is 0 Å². The van der Waals surface area contributed by atoms with E-state index in [1.165, 1.54) is 5.56 Å². The van der Waals surface area contributed by atoms with Gasteiger partial charge in [0.2, 0.25) is 0 Å². The molecule has 0 saturated carbocycles. The van der Waals surface area contributed by atoms with Gasteiger partial charge in [-0.15, -0.1) is 0 Å². The summed E-state index contributed by atoms with van der Waals surface area (Å²) in [5, 5.41) is 1.38. The van der Waals surface area contributed by atoms with Gasteiger partial charge in [0, 0.05) is 34.4 Å². The lowest BCUT2D eigenvalue weighted by Crippen LogP contribution is -2.34. The predicted octanol–water partition coefficient (Wildman–Crippen LogP) is 3.85. The Morgan fingerprint density at radius 2 is 1.84 bits per heavy atom. The largest absolute Gasteiger partial charge is 0.330 e. The molecule has 0 fully saturated rings. The first kappa shape index (κ1) is 14.3. The van der Waals surface area contributed by atoms with Crippen molar-refractivity contribution in [2.45, 2.75) is 18.8 Å². The molecule has 4 heteroatoms. The number of hydrogen-bond donors (Lipinski definition) is 1. The number of rotatable bonds is 4. The molecule has 1 aromatic carbocycles. The Labute approximate surface area is 123 Å². The Morgan fingerprint density at radius 3 is 2.47 bits per heavy atom. The summed E-state index contributed by atoms with van der Waals surface area (Å²) in [5.41, 5.74) is 7.91. The summed E-state index contributed by atoms with van der Waals surface area (Å²) in [6.45, 7) is 2.60. The van der Waals surface area contributed by atoms with Crippen molar-refractivity contribution in [1.82, 2.24) is 4.98 Å². The van der Waals surface area contributed by atoms with Crippen molar-refractivity contribution in [2.24, 2.45) is 5.73 Å². The van der Waals surface area contributed by atoms with Gasteiger partial charge in [0.25, 0.3) is 0 Å². The van der Waals surface area contributed by atoms with E-state index in [9.17, 15) is 0 Å². The van der Waals surface area contributed by atoms with Crippen LogP contribution in [0, 0.1) is 0 Å². The second kappa shape index (κ2) is 5.91. The Hall–Kier alpha value is -1.09. The third-order valence-electron chi connectivity index (χ3n) is 3.37. The first-order valence-electron chi connectivity index (χ1n) is 6.10. The van der Waals surface area contributed by atoms with Crippen LogP contribution in [0.5, 0.6) is 0 Å². The van der Waals surface area contributed by atoms with Crippen LogP contribution in [0.15, 0.2) is 42.7 Å². The normalized spacial score (nSPS) is 14.1. The van der Waals surface area contributed by atoms with Gasteiger partial charge in [0.05, 0.1) is 0 Å². The molecule has 0 aliphatic rings. The summed E-state index contributed by atoms with van der Waals surface area (Å²) in [6.07, 6.45) is 4.36. The summed E-state index contributed by atoms with van der Waals surface area (Å²) in [7, 11) is 0. The highest BCUT2D eigenvalue weighted by atomic mass is 35.5. The fourth-order valence-electron chi connectivity index (χ4n) is 2.19. The van der Waals surface area contributed by atoms with E-state index < -0.39 is 0 Å². The first-order valence-corrected chi connectivity index (χ1v) is 6.85. The molecule has 0 spiro atoms. The van der Waals surface area contributed by atoms with Gasteiger partial charge in [-0.3, -0.25) is 4.98 Å². The van der Waals surface area contributed by atoms with Crippen molar-refractivity contribution in [3.05, 3.63) is 63.9 Å². The van der Waals surface area contributed by atoms with E-state index in [-0.39, 0.29) is 5.41 Å². The van der Waals surface area contributed by atoms with E-state index in [1.807, 2.05) is 24.3 Å². The summed E-state index contributed by atoms with van der Waals surface area (Å²) in [6, 6.07) is 9.49. The molecule has 1 aromatic heterocycles. The topological polar surface area (TPSA) is 38.9 Å². The molecular weight excluding hydrogens is 279 g/mol. The Morgan fingerprint density at radius 1 is 1.16 bits per heavy atom. The number of halogens is 2. The van der Waals surface area contributed by atoms with Gasteiger partial charge in [0.1, 0.15) is 0 Å². The molecule has 2 rings (SSSR count). The fourth-order valence-corrected chi connectivity index (χ4v) is 2.71. The summed E-state index contributed by atoms with van der Waals surface area (Å²) < 4.78 is 0. The van der Waals surface area contributed by atoms with Crippen LogP contribution in [0.2, 0.25) is 10.0 Å². The number of benzene rings is 1. The maximum atomic E-state index is 6.30. The van der Waals surface area contributed by atoms with Crippen LogP contribution >= 0.6 is 23.2 Å². The van der Waals surface area contributed by atoms with E-state index in [4.69, 9.17) is 28.9 Å². The molecule has 100 valence electrons. The minimum Gasteiger partial charge on any atom is -0.330 e. The molecule has 1 atom stereocenters. The molecule has 0 bridgehead atoms. The van der Waals surface area contributed by atoms with Crippen LogP contribution in [0.1, 0.15) is 18.1 Å². The second-order valence-electron chi connectivity index (χ2n) is 4.92. The molecule has 0 aliphatic heterocycles. The summed E-state index contributed by atoms with van der Waals surface area (Å²) in [4.78, 5) is 4.03. The molecule has 0 aliphatic carbocycles. The molecule has 0 radical (unpaired) electrons.